The van der Waals surface area contributed by atoms with Gasteiger partial charge in [-0.05, 0) is 12.1 Å². The molecule has 2 N–H and O–H groups in total. The summed E-state index contributed by atoms with van der Waals surface area (Å²) in [6.45, 7) is 0. The summed E-state index contributed by atoms with van der Waals surface area (Å²) >= 11 is 5.08. The van der Waals surface area contributed by atoms with E-state index in [4.69, 9.17) is 17.5 Å². The molecule has 0 saturated heterocycles. The number of benzene rings is 1. The number of hydrogen-bond donors (Lipinski definition) is 1. The summed E-state index contributed by atoms with van der Waals surface area (Å²) < 4.78 is 15.7. The third kappa shape index (κ3) is 2.68. The van der Waals surface area contributed by atoms with Gasteiger partial charge in [0.1, 0.15) is 11.7 Å². The molecule has 0 fully saturated rings. The quantitative estimate of drug-likeness (QED) is 0.558. The van der Waals surface area contributed by atoms with E-state index in [9.17, 15) is 4.39 Å². The standard InChI is InChI=1S/C7H6ClFN2.ClH/c8-11-7(10)5-2-1-3-6(9)4-5;/h1-4H,(H2,10,11);1H. The van der Waals surface area contributed by atoms with Crippen LogP contribution in [0.15, 0.2) is 28.8 Å². The number of nitrogens with two attached hydrogens (primary N) is 1. The first-order valence-electron chi connectivity index (χ1n) is 2.94. The molecule has 0 unspecified atom stereocenters. The normalized spacial score (nSPS) is 10.7. The van der Waals surface area contributed by atoms with Crippen molar-refractivity contribution in [3.05, 3.63) is 35.6 Å². The first-order chi connectivity index (χ1) is 5.24. The van der Waals surface area contributed by atoms with Gasteiger partial charge in [0.2, 0.25) is 0 Å². The molecule has 0 bridgehead atoms. The molecule has 0 amide bonds. The van der Waals surface area contributed by atoms with Crippen molar-refractivity contribution in [3.8, 4) is 0 Å². The molecule has 1 aromatic carbocycles. The van der Waals surface area contributed by atoms with Crippen LogP contribution in [0.2, 0.25) is 0 Å². The van der Waals surface area contributed by atoms with Crippen LogP contribution in [0.4, 0.5) is 4.39 Å². The summed E-state index contributed by atoms with van der Waals surface area (Å²) in [6.07, 6.45) is 0. The van der Waals surface area contributed by atoms with Gasteiger partial charge in [0.25, 0.3) is 0 Å². The highest BCUT2D eigenvalue weighted by Gasteiger charge is 1.97. The summed E-state index contributed by atoms with van der Waals surface area (Å²) in [5, 5.41) is 0. The molecule has 0 saturated carbocycles. The minimum absolute atomic E-state index is 0. The Morgan fingerprint density at radius 2 is 2.17 bits per heavy atom. The molecule has 5 heteroatoms. The maximum absolute atomic E-state index is 12.5. The molecule has 0 radical (unpaired) electrons. The van der Waals surface area contributed by atoms with E-state index in [1.54, 1.807) is 12.1 Å². The Kier molecular flexibility index (Phi) is 4.62. The molecule has 12 heavy (non-hydrogen) atoms. The van der Waals surface area contributed by atoms with E-state index in [0.29, 0.717) is 5.56 Å². The Bertz CT molecular complexity index is 288. The van der Waals surface area contributed by atoms with Gasteiger partial charge in [0.15, 0.2) is 0 Å². The van der Waals surface area contributed by atoms with Gasteiger partial charge in [-0.15, -0.1) is 12.4 Å². The van der Waals surface area contributed by atoms with Gasteiger partial charge >= 0.3 is 0 Å². The van der Waals surface area contributed by atoms with Crippen molar-refractivity contribution in [1.82, 2.24) is 0 Å². The van der Waals surface area contributed by atoms with Crippen molar-refractivity contribution in [2.75, 3.05) is 0 Å². The third-order valence-corrected chi connectivity index (χ3v) is 1.39. The van der Waals surface area contributed by atoms with E-state index in [0.717, 1.165) is 0 Å². The molecule has 0 aliphatic rings. The van der Waals surface area contributed by atoms with Gasteiger partial charge in [-0.1, -0.05) is 12.1 Å². The smallest absolute Gasteiger partial charge is 0.145 e. The minimum Gasteiger partial charge on any atom is -0.382 e. The minimum atomic E-state index is -0.356. The fraction of sp³-hybridized carbons (Fsp3) is 0. The highest BCUT2D eigenvalue weighted by molar-refractivity contribution is 6.22. The van der Waals surface area contributed by atoms with Crippen molar-refractivity contribution < 1.29 is 4.39 Å². The van der Waals surface area contributed by atoms with Gasteiger partial charge in [0, 0.05) is 17.3 Å². The van der Waals surface area contributed by atoms with E-state index in [1.165, 1.54) is 12.1 Å². The number of rotatable bonds is 1. The van der Waals surface area contributed by atoms with Crippen LogP contribution < -0.4 is 5.73 Å². The second-order valence-electron chi connectivity index (χ2n) is 1.98. The molecule has 2 nitrogen and oxygen atoms in total. The monoisotopic (exact) mass is 208 g/mol. The molecule has 0 heterocycles. The summed E-state index contributed by atoms with van der Waals surface area (Å²) in [7, 11) is 0. The molecule has 0 aromatic heterocycles. The number of hydrogen-bond acceptors (Lipinski definition) is 1. The van der Waals surface area contributed by atoms with Crippen LogP contribution in [-0.2, 0) is 0 Å². The molecule has 1 aromatic rings. The van der Waals surface area contributed by atoms with Crippen LogP contribution in [0.5, 0.6) is 0 Å². The SMILES string of the molecule is Cl.NC(=NCl)c1cccc(F)c1. The van der Waals surface area contributed by atoms with E-state index < -0.39 is 0 Å². The van der Waals surface area contributed by atoms with Crippen LogP contribution in [0.1, 0.15) is 5.56 Å². The summed E-state index contributed by atoms with van der Waals surface area (Å²) in [6, 6.07) is 5.76. The second kappa shape index (κ2) is 4.95. The predicted molar refractivity (Wildman–Crippen MR) is 50.2 cm³/mol. The van der Waals surface area contributed by atoms with Crippen LogP contribution >= 0.6 is 24.2 Å². The number of amidine groups is 1. The lowest BCUT2D eigenvalue weighted by atomic mass is 10.2. The van der Waals surface area contributed by atoms with E-state index in [-0.39, 0.29) is 24.1 Å². The molecule has 0 spiro atoms. The van der Waals surface area contributed by atoms with Crippen LogP contribution in [0.25, 0.3) is 0 Å². The zero-order valence-corrected chi connectivity index (χ0v) is 7.57. The fourth-order valence-corrected chi connectivity index (χ4v) is 0.794. The van der Waals surface area contributed by atoms with E-state index in [2.05, 4.69) is 4.51 Å². The second-order valence-corrected chi connectivity index (χ2v) is 2.15. The van der Waals surface area contributed by atoms with Crippen LogP contribution in [-0.4, -0.2) is 5.84 Å². The molecular formula is C7H7Cl2FN2. The average molecular weight is 209 g/mol. The van der Waals surface area contributed by atoms with Gasteiger partial charge < -0.3 is 5.73 Å². The fourth-order valence-electron chi connectivity index (χ4n) is 0.697. The van der Waals surface area contributed by atoms with Crippen LogP contribution in [0.3, 0.4) is 0 Å². The molecular weight excluding hydrogens is 202 g/mol. The maximum Gasteiger partial charge on any atom is 0.145 e. The molecule has 0 aliphatic heterocycles. The zero-order valence-electron chi connectivity index (χ0n) is 6.00. The van der Waals surface area contributed by atoms with Crippen molar-refractivity contribution in [2.45, 2.75) is 0 Å². The lowest BCUT2D eigenvalue weighted by Gasteiger charge is -1.96. The summed E-state index contributed by atoms with van der Waals surface area (Å²) in [5.41, 5.74) is 5.80. The first-order valence-corrected chi connectivity index (χ1v) is 3.28. The lowest BCUT2D eigenvalue weighted by Crippen LogP contribution is -2.11. The third-order valence-electron chi connectivity index (χ3n) is 1.21. The van der Waals surface area contributed by atoms with Crippen molar-refractivity contribution >= 4 is 30.0 Å². The van der Waals surface area contributed by atoms with Gasteiger partial charge in [-0.3, -0.25) is 0 Å². The Hall–Kier alpha value is -0.800. The molecule has 0 atom stereocenters. The summed E-state index contributed by atoms with van der Waals surface area (Å²) in [5.74, 6) is -0.239. The van der Waals surface area contributed by atoms with Crippen LogP contribution in [0, 0.1) is 5.82 Å². The Balaban J connectivity index is 0.00000121. The van der Waals surface area contributed by atoms with E-state index in [1.807, 2.05) is 0 Å². The van der Waals surface area contributed by atoms with Gasteiger partial charge in [-0.2, -0.15) is 4.51 Å². The Morgan fingerprint density at radius 1 is 1.50 bits per heavy atom. The molecule has 66 valence electrons. The zero-order chi connectivity index (χ0) is 8.27. The van der Waals surface area contributed by atoms with E-state index >= 15 is 0 Å². The maximum atomic E-state index is 12.5. The highest BCUT2D eigenvalue weighted by Crippen LogP contribution is 2.03. The van der Waals surface area contributed by atoms with Crippen molar-refractivity contribution in [3.63, 3.8) is 0 Å². The van der Waals surface area contributed by atoms with Crippen molar-refractivity contribution in [1.29, 1.82) is 0 Å². The number of halogens is 3. The van der Waals surface area contributed by atoms with Gasteiger partial charge in [-0.25, -0.2) is 4.39 Å². The van der Waals surface area contributed by atoms with Crippen molar-refractivity contribution in [2.24, 2.45) is 10.2 Å². The Labute approximate surface area is 80.8 Å². The highest BCUT2D eigenvalue weighted by atomic mass is 35.5. The average Bonchev–Trinajstić information content (AvgIpc) is 2.03. The number of nitrogens with zero attached hydrogens (tertiary/aromatic N) is 1. The largest absolute Gasteiger partial charge is 0.382 e. The molecule has 0 aliphatic carbocycles. The first kappa shape index (κ1) is 11.2. The van der Waals surface area contributed by atoms with Gasteiger partial charge in [0.05, 0.1) is 0 Å². The predicted octanol–water partition coefficient (Wildman–Crippen LogP) is 2.11. The summed E-state index contributed by atoms with van der Waals surface area (Å²) in [4.78, 5) is 0. The Morgan fingerprint density at radius 3 is 2.67 bits per heavy atom. The lowest BCUT2D eigenvalue weighted by molar-refractivity contribution is 0.627. The topological polar surface area (TPSA) is 38.4 Å². The molecule has 1 rings (SSSR count).